The van der Waals surface area contributed by atoms with Crippen LogP contribution in [0.3, 0.4) is 0 Å². The summed E-state index contributed by atoms with van der Waals surface area (Å²) in [4.78, 5) is 29.7. The molecule has 1 aliphatic carbocycles. The molecule has 1 heterocycles. The number of urea groups is 1. The highest BCUT2D eigenvalue weighted by molar-refractivity contribution is 8.01. The lowest BCUT2D eigenvalue weighted by molar-refractivity contribution is -0.133. The number of hydrogen-bond donors (Lipinski definition) is 2. The molecule has 0 atom stereocenters. The van der Waals surface area contributed by atoms with E-state index in [1.807, 2.05) is 6.07 Å². The number of aromatic nitrogens is 1. The summed E-state index contributed by atoms with van der Waals surface area (Å²) in [6.45, 7) is 0.564. The van der Waals surface area contributed by atoms with Crippen LogP contribution < -0.4 is 15.0 Å². The molecule has 0 spiro atoms. The van der Waals surface area contributed by atoms with Crippen molar-refractivity contribution in [2.75, 3.05) is 29.6 Å². The van der Waals surface area contributed by atoms with Crippen LogP contribution in [0, 0.1) is 5.92 Å². The first-order chi connectivity index (χ1) is 14.0. The van der Waals surface area contributed by atoms with Gasteiger partial charge in [-0.05, 0) is 30.9 Å². The molecular weight excluding hydrogens is 434 g/mol. The van der Waals surface area contributed by atoms with Gasteiger partial charge in [-0.25, -0.2) is 9.78 Å². The number of carbonyl (C=O) groups is 2. The predicted molar refractivity (Wildman–Crippen MR) is 117 cm³/mol. The lowest BCUT2D eigenvalue weighted by Gasteiger charge is -2.27. The molecule has 1 aromatic carbocycles. The fraction of sp³-hybridized carbons (Fsp3) is 0.421. The van der Waals surface area contributed by atoms with Crippen molar-refractivity contribution in [3.8, 4) is 5.75 Å². The first-order valence-electron chi connectivity index (χ1n) is 9.19. The maximum absolute atomic E-state index is 13.1. The molecule has 0 aliphatic heterocycles. The Morgan fingerprint density at radius 2 is 2.17 bits per heavy atom. The summed E-state index contributed by atoms with van der Waals surface area (Å²) in [6.07, 6.45) is 6.07. The zero-order valence-electron chi connectivity index (χ0n) is 15.9. The number of thioether (sulfide) groups is 1. The number of nitrogens with zero attached hydrogens (tertiary/aromatic N) is 2. The summed E-state index contributed by atoms with van der Waals surface area (Å²) in [7, 11) is 1.53. The van der Waals surface area contributed by atoms with Crippen LogP contribution in [0.1, 0.15) is 25.7 Å². The van der Waals surface area contributed by atoms with Gasteiger partial charge in [-0.15, -0.1) is 11.8 Å². The van der Waals surface area contributed by atoms with E-state index in [0.29, 0.717) is 34.1 Å². The van der Waals surface area contributed by atoms with E-state index in [0.717, 1.165) is 17.1 Å². The number of rotatable bonds is 8. The topological polar surface area (TPSA) is 91.8 Å². The Morgan fingerprint density at radius 1 is 1.41 bits per heavy atom. The SMILES string of the molecule is COc1c(Cl)cccc1N(CC1CCCC1)C(=O)Nc1ncc(SCC(=O)O)s1. The number of carbonyl (C=O) groups excluding carboxylic acids is 1. The number of anilines is 2. The van der Waals surface area contributed by atoms with E-state index in [1.54, 1.807) is 23.2 Å². The Hall–Kier alpha value is -1.97. The minimum Gasteiger partial charge on any atom is -0.493 e. The summed E-state index contributed by atoms with van der Waals surface area (Å²) >= 11 is 8.69. The van der Waals surface area contributed by atoms with Gasteiger partial charge in [-0.1, -0.05) is 41.8 Å². The minimum atomic E-state index is -0.898. The molecule has 0 unspecified atom stereocenters. The molecule has 29 heavy (non-hydrogen) atoms. The summed E-state index contributed by atoms with van der Waals surface area (Å²) in [6, 6.07) is 5.01. The van der Waals surface area contributed by atoms with Gasteiger partial charge in [-0.3, -0.25) is 15.0 Å². The maximum atomic E-state index is 13.1. The first kappa shape index (κ1) is 21.7. The van der Waals surface area contributed by atoms with Gasteiger partial charge in [0.15, 0.2) is 10.9 Å². The molecule has 2 amide bonds. The highest BCUT2D eigenvalue weighted by atomic mass is 35.5. The molecule has 2 aromatic rings. The first-order valence-corrected chi connectivity index (χ1v) is 11.4. The molecular formula is C19H22ClN3O4S2. The van der Waals surface area contributed by atoms with Crippen molar-refractivity contribution in [3.05, 3.63) is 29.4 Å². The van der Waals surface area contributed by atoms with Crippen LogP contribution in [0.2, 0.25) is 5.02 Å². The fourth-order valence-corrected chi connectivity index (χ4v) is 5.16. The third kappa shape index (κ3) is 5.77. The maximum Gasteiger partial charge on any atom is 0.328 e. The van der Waals surface area contributed by atoms with Crippen molar-refractivity contribution in [1.82, 2.24) is 4.98 Å². The van der Waals surface area contributed by atoms with Gasteiger partial charge in [0.2, 0.25) is 0 Å². The lowest BCUT2D eigenvalue weighted by atomic mass is 10.1. The number of methoxy groups -OCH3 is 1. The van der Waals surface area contributed by atoms with Gasteiger partial charge in [0.05, 0.1) is 34.0 Å². The third-order valence-corrected chi connectivity index (χ3v) is 7.03. The summed E-state index contributed by atoms with van der Waals surface area (Å²) in [5.41, 5.74) is 0.612. The molecule has 10 heteroatoms. The molecule has 1 aromatic heterocycles. The van der Waals surface area contributed by atoms with Crippen LogP contribution in [0.5, 0.6) is 5.75 Å². The normalized spacial score (nSPS) is 14.0. The number of benzene rings is 1. The van der Waals surface area contributed by atoms with E-state index < -0.39 is 5.97 Å². The van der Waals surface area contributed by atoms with E-state index in [1.165, 1.54) is 43.1 Å². The minimum absolute atomic E-state index is 0.0525. The second-order valence-corrected chi connectivity index (χ2v) is 9.36. The second-order valence-electron chi connectivity index (χ2n) is 6.65. The predicted octanol–water partition coefficient (Wildman–Crippen LogP) is 5.21. The average Bonchev–Trinajstić information content (AvgIpc) is 3.36. The molecule has 0 bridgehead atoms. The van der Waals surface area contributed by atoms with Crippen molar-refractivity contribution >= 4 is 57.5 Å². The smallest absolute Gasteiger partial charge is 0.328 e. The number of nitrogens with one attached hydrogen (secondary N) is 1. The van der Waals surface area contributed by atoms with Gasteiger partial charge in [0, 0.05) is 6.54 Å². The number of hydrogen-bond acceptors (Lipinski definition) is 6. The molecule has 156 valence electrons. The number of para-hydroxylation sites is 1. The van der Waals surface area contributed by atoms with Gasteiger partial charge >= 0.3 is 12.0 Å². The Labute approximate surface area is 182 Å². The number of ether oxygens (including phenoxy) is 1. The molecule has 1 fully saturated rings. The number of carboxylic acid groups (broad SMARTS) is 1. The van der Waals surface area contributed by atoms with Crippen LogP contribution in [0.4, 0.5) is 15.6 Å². The molecule has 7 nitrogen and oxygen atoms in total. The highest BCUT2D eigenvalue weighted by Crippen LogP contribution is 2.37. The standard InChI is InChI=1S/C19H22ClN3O4S2/c1-27-17-13(20)7-4-8-14(17)23(10-12-5-2-3-6-12)19(26)22-18-21-9-16(29-18)28-11-15(24)25/h4,7-9,12H,2-3,5-6,10-11H2,1H3,(H,24,25)(H,21,22,26). The third-order valence-electron chi connectivity index (χ3n) is 4.64. The van der Waals surface area contributed by atoms with Crippen molar-refractivity contribution in [2.45, 2.75) is 29.9 Å². The van der Waals surface area contributed by atoms with Crippen molar-refractivity contribution in [1.29, 1.82) is 0 Å². The van der Waals surface area contributed by atoms with Gasteiger partial charge in [-0.2, -0.15) is 0 Å². The number of carboxylic acids is 1. The highest BCUT2D eigenvalue weighted by Gasteiger charge is 2.26. The number of thiazole rings is 1. The van der Waals surface area contributed by atoms with E-state index in [-0.39, 0.29) is 11.8 Å². The lowest BCUT2D eigenvalue weighted by Crippen LogP contribution is -2.38. The monoisotopic (exact) mass is 455 g/mol. The largest absolute Gasteiger partial charge is 0.493 e. The average molecular weight is 456 g/mol. The Balaban J connectivity index is 1.79. The van der Waals surface area contributed by atoms with Crippen molar-refractivity contribution < 1.29 is 19.4 Å². The summed E-state index contributed by atoms with van der Waals surface area (Å²) < 4.78 is 6.18. The van der Waals surface area contributed by atoms with Gasteiger partial charge in [0.25, 0.3) is 0 Å². The van der Waals surface area contributed by atoms with Crippen LogP contribution in [-0.2, 0) is 4.79 Å². The summed E-state index contributed by atoms with van der Waals surface area (Å²) in [5, 5.41) is 12.5. The van der Waals surface area contributed by atoms with Crippen LogP contribution in [0.25, 0.3) is 0 Å². The van der Waals surface area contributed by atoms with Crippen molar-refractivity contribution in [3.63, 3.8) is 0 Å². The second kappa shape index (κ2) is 10.2. The quantitative estimate of drug-likeness (QED) is 0.531. The summed E-state index contributed by atoms with van der Waals surface area (Å²) in [5.74, 6) is -0.0744. The number of aliphatic carboxylic acids is 1. The van der Waals surface area contributed by atoms with Crippen LogP contribution >= 0.6 is 34.7 Å². The van der Waals surface area contributed by atoms with Gasteiger partial charge < -0.3 is 9.84 Å². The van der Waals surface area contributed by atoms with E-state index >= 15 is 0 Å². The molecule has 1 saturated carbocycles. The fourth-order valence-electron chi connectivity index (χ4n) is 3.33. The molecule has 3 rings (SSSR count). The molecule has 1 aliphatic rings. The van der Waals surface area contributed by atoms with Crippen LogP contribution in [0.15, 0.2) is 28.6 Å². The van der Waals surface area contributed by atoms with Gasteiger partial charge in [0.1, 0.15) is 0 Å². The zero-order valence-corrected chi connectivity index (χ0v) is 18.3. The Bertz CT molecular complexity index is 871. The van der Waals surface area contributed by atoms with E-state index in [9.17, 15) is 9.59 Å². The Morgan fingerprint density at radius 3 is 2.86 bits per heavy atom. The van der Waals surface area contributed by atoms with E-state index in [4.69, 9.17) is 21.4 Å². The zero-order chi connectivity index (χ0) is 20.8. The van der Waals surface area contributed by atoms with Crippen molar-refractivity contribution in [2.24, 2.45) is 5.92 Å². The molecule has 2 N–H and O–H groups in total. The molecule has 0 radical (unpaired) electrons. The number of halogens is 1. The van der Waals surface area contributed by atoms with E-state index in [2.05, 4.69) is 10.3 Å². The number of amides is 2. The molecule has 0 saturated heterocycles. The van der Waals surface area contributed by atoms with Crippen LogP contribution in [-0.4, -0.2) is 41.5 Å². The Kier molecular flexibility index (Phi) is 7.63.